The van der Waals surface area contributed by atoms with E-state index in [2.05, 4.69) is 10.1 Å². The van der Waals surface area contributed by atoms with Crippen LogP contribution in [0.1, 0.15) is 12.2 Å². The second-order valence-corrected chi connectivity index (χ2v) is 4.28. The summed E-state index contributed by atoms with van der Waals surface area (Å²) in [6, 6.07) is 1.68. The molecule has 92 valence electrons. The van der Waals surface area contributed by atoms with Gasteiger partial charge in [-0.2, -0.15) is 18.2 Å². The third kappa shape index (κ3) is 2.96. The summed E-state index contributed by atoms with van der Waals surface area (Å²) < 4.78 is 40.8. The van der Waals surface area contributed by atoms with Crippen molar-refractivity contribution in [1.82, 2.24) is 10.1 Å². The number of aromatic nitrogens is 2. The first-order valence-electron chi connectivity index (χ1n) is 4.68. The Bertz CT molecular complexity index is 506. The van der Waals surface area contributed by atoms with Crippen molar-refractivity contribution in [2.75, 3.05) is 5.73 Å². The number of thiophene rings is 1. The maximum atomic E-state index is 12.0. The molecule has 2 aromatic heterocycles. The zero-order chi connectivity index (χ0) is 12.5. The SMILES string of the molecule is Nc1sccc1-c1nc(CCC(F)(F)F)no1. The number of hydrogen-bond acceptors (Lipinski definition) is 5. The van der Waals surface area contributed by atoms with Crippen LogP contribution in [0.5, 0.6) is 0 Å². The first-order chi connectivity index (χ1) is 7.96. The van der Waals surface area contributed by atoms with Gasteiger partial charge in [-0.05, 0) is 11.4 Å². The van der Waals surface area contributed by atoms with Crippen molar-refractivity contribution in [3.63, 3.8) is 0 Å². The van der Waals surface area contributed by atoms with E-state index in [4.69, 9.17) is 10.3 Å². The van der Waals surface area contributed by atoms with Crippen molar-refractivity contribution < 1.29 is 17.7 Å². The molecular weight excluding hydrogens is 255 g/mol. The zero-order valence-corrected chi connectivity index (χ0v) is 9.31. The Morgan fingerprint density at radius 1 is 1.41 bits per heavy atom. The highest BCUT2D eigenvalue weighted by Crippen LogP contribution is 2.29. The summed E-state index contributed by atoms with van der Waals surface area (Å²) in [7, 11) is 0. The molecule has 2 aromatic rings. The van der Waals surface area contributed by atoms with E-state index in [-0.39, 0.29) is 18.1 Å². The summed E-state index contributed by atoms with van der Waals surface area (Å²) in [6.45, 7) is 0. The predicted octanol–water partition coefficient (Wildman–Crippen LogP) is 2.88. The average molecular weight is 263 g/mol. The maximum absolute atomic E-state index is 12.0. The molecule has 2 N–H and O–H groups in total. The largest absolute Gasteiger partial charge is 0.390 e. The molecule has 2 heterocycles. The molecule has 0 aliphatic rings. The lowest BCUT2D eigenvalue weighted by Crippen LogP contribution is -2.09. The van der Waals surface area contributed by atoms with Crippen LogP contribution in [-0.2, 0) is 6.42 Å². The number of aryl methyl sites for hydroxylation is 1. The number of hydrogen-bond donors (Lipinski definition) is 1. The van der Waals surface area contributed by atoms with E-state index in [0.717, 1.165) is 0 Å². The normalized spacial score (nSPS) is 11.9. The van der Waals surface area contributed by atoms with E-state index in [1.807, 2.05) is 0 Å². The summed E-state index contributed by atoms with van der Waals surface area (Å²) in [5.41, 5.74) is 6.19. The Balaban J connectivity index is 2.09. The van der Waals surface area contributed by atoms with Crippen LogP contribution in [-0.4, -0.2) is 16.3 Å². The van der Waals surface area contributed by atoms with Gasteiger partial charge in [-0.25, -0.2) is 0 Å². The van der Waals surface area contributed by atoms with Crippen LogP contribution < -0.4 is 5.73 Å². The van der Waals surface area contributed by atoms with Crippen molar-refractivity contribution in [1.29, 1.82) is 0 Å². The minimum atomic E-state index is -4.22. The lowest BCUT2D eigenvalue weighted by molar-refractivity contribution is -0.134. The molecular formula is C9H8F3N3OS. The molecule has 0 aromatic carbocycles. The molecule has 0 aliphatic heterocycles. The molecule has 0 saturated carbocycles. The summed E-state index contributed by atoms with van der Waals surface area (Å²) >= 11 is 1.30. The van der Waals surface area contributed by atoms with Gasteiger partial charge in [-0.1, -0.05) is 5.16 Å². The molecule has 0 unspecified atom stereocenters. The van der Waals surface area contributed by atoms with E-state index < -0.39 is 12.6 Å². The van der Waals surface area contributed by atoms with Crippen molar-refractivity contribution >= 4 is 16.3 Å². The Kier molecular flexibility index (Phi) is 3.05. The summed E-state index contributed by atoms with van der Waals surface area (Å²) in [4.78, 5) is 3.87. The van der Waals surface area contributed by atoms with Crippen LogP contribution in [0.4, 0.5) is 18.2 Å². The van der Waals surface area contributed by atoms with Crippen molar-refractivity contribution in [2.24, 2.45) is 0 Å². The monoisotopic (exact) mass is 263 g/mol. The van der Waals surface area contributed by atoms with E-state index in [1.54, 1.807) is 11.4 Å². The first kappa shape index (κ1) is 11.9. The van der Waals surface area contributed by atoms with Gasteiger partial charge in [0.15, 0.2) is 5.82 Å². The van der Waals surface area contributed by atoms with Gasteiger partial charge in [-0.3, -0.25) is 0 Å². The zero-order valence-electron chi connectivity index (χ0n) is 8.49. The number of nitrogen functional groups attached to an aromatic ring is 1. The maximum Gasteiger partial charge on any atom is 0.389 e. The Labute approximate surface area is 98.2 Å². The molecule has 17 heavy (non-hydrogen) atoms. The highest BCUT2D eigenvalue weighted by Gasteiger charge is 2.27. The van der Waals surface area contributed by atoms with Crippen molar-refractivity contribution in [3.8, 4) is 11.5 Å². The number of rotatable bonds is 3. The van der Waals surface area contributed by atoms with E-state index in [9.17, 15) is 13.2 Å². The van der Waals surface area contributed by atoms with Gasteiger partial charge in [0.2, 0.25) is 0 Å². The second kappa shape index (κ2) is 4.36. The molecule has 0 spiro atoms. The van der Waals surface area contributed by atoms with Gasteiger partial charge < -0.3 is 10.3 Å². The third-order valence-corrected chi connectivity index (χ3v) is 2.77. The third-order valence-electron chi connectivity index (χ3n) is 2.03. The van der Waals surface area contributed by atoms with Crippen LogP contribution in [0, 0.1) is 0 Å². The molecule has 0 amide bonds. The molecule has 0 bridgehead atoms. The van der Waals surface area contributed by atoms with Gasteiger partial charge in [0.1, 0.15) is 0 Å². The van der Waals surface area contributed by atoms with Gasteiger partial charge in [-0.15, -0.1) is 11.3 Å². The Morgan fingerprint density at radius 2 is 2.18 bits per heavy atom. The molecule has 0 saturated heterocycles. The van der Waals surface area contributed by atoms with E-state index in [0.29, 0.717) is 10.6 Å². The summed E-state index contributed by atoms with van der Waals surface area (Å²) in [5, 5.41) is 5.72. The fourth-order valence-electron chi connectivity index (χ4n) is 1.22. The van der Waals surface area contributed by atoms with Gasteiger partial charge in [0, 0.05) is 6.42 Å². The first-order valence-corrected chi connectivity index (χ1v) is 5.56. The van der Waals surface area contributed by atoms with Crippen LogP contribution in [0.2, 0.25) is 0 Å². The van der Waals surface area contributed by atoms with Gasteiger partial charge in [0.05, 0.1) is 17.0 Å². The highest BCUT2D eigenvalue weighted by molar-refractivity contribution is 7.14. The minimum absolute atomic E-state index is 0.0305. The van der Waals surface area contributed by atoms with Crippen LogP contribution in [0.25, 0.3) is 11.5 Å². The van der Waals surface area contributed by atoms with Crippen LogP contribution in [0.3, 0.4) is 0 Å². The second-order valence-electron chi connectivity index (χ2n) is 3.33. The fraction of sp³-hybridized carbons (Fsp3) is 0.333. The van der Waals surface area contributed by atoms with Crippen molar-refractivity contribution in [2.45, 2.75) is 19.0 Å². The lowest BCUT2D eigenvalue weighted by Gasteiger charge is -2.01. The number of nitrogens with two attached hydrogens (primary N) is 1. The quantitative estimate of drug-likeness (QED) is 0.924. The van der Waals surface area contributed by atoms with Gasteiger partial charge >= 0.3 is 6.18 Å². The Morgan fingerprint density at radius 3 is 2.76 bits per heavy atom. The van der Waals surface area contributed by atoms with Gasteiger partial charge in [0.25, 0.3) is 5.89 Å². The fourth-order valence-corrected chi connectivity index (χ4v) is 1.85. The van der Waals surface area contributed by atoms with E-state index in [1.165, 1.54) is 11.3 Å². The number of anilines is 1. The van der Waals surface area contributed by atoms with E-state index >= 15 is 0 Å². The molecule has 0 aliphatic carbocycles. The van der Waals surface area contributed by atoms with Crippen molar-refractivity contribution in [3.05, 3.63) is 17.3 Å². The molecule has 0 fully saturated rings. The molecule has 8 heteroatoms. The smallest absolute Gasteiger partial charge is 0.389 e. The standard InChI is InChI=1S/C9H8F3N3OS/c10-9(11,12)3-1-6-14-8(16-15-6)5-2-4-17-7(5)13/h2,4H,1,3,13H2. The lowest BCUT2D eigenvalue weighted by atomic mass is 10.3. The van der Waals surface area contributed by atoms with Crippen LogP contribution >= 0.6 is 11.3 Å². The molecule has 4 nitrogen and oxygen atoms in total. The predicted molar refractivity (Wildman–Crippen MR) is 56.4 cm³/mol. The average Bonchev–Trinajstić information content (AvgIpc) is 2.81. The summed E-state index contributed by atoms with van der Waals surface area (Å²) in [5.74, 6) is 0.184. The minimum Gasteiger partial charge on any atom is -0.390 e. The summed E-state index contributed by atoms with van der Waals surface area (Å²) in [6.07, 6.45) is -5.48. The number of halogens is 3. The number of nitrogens with zero attached hydrogens (tertiary/aromatic N) is 2. The topological polar surface area (TPSA) is 64.9 Å². The molecule has 0 atom stereocenters. The molecule has 2 rings (SSSR count). The molecule has 0 radical (unpaired) electrons. The van der Waals surface area contributed by atoms with Crippen LogP contribution in [0.15, 0.2) is 16.0 Å². The Hall–Kier alpha value is -1.57. The highest BCUT2D eigenvalue weighted by atomic mass is 32.1. The number of alkyl halides is 3.